The zero-order valence-electron chi connectivity index (χ0n) is 51.4. The quantitative estimate of drug-likeness (QED) is 0.153. The molecule has 1 amide bonds. The third-order valence-electron chi connectivity index (χ3n) is 15.8. The predicted molar refractivity (Wildman–Crippen MR) is 335 cm³/mol. The minimum Gasteiger partial charge on any atom is -0.480 e. The van der Waals surface area contributed by atoms with E-state index in [1.807, 2.05) is 0 Å². The second-order valence-corrected chi connectivity index (χ2v) is 22.1. The molecule has 34 nitrogen and oxygen atoms in total. The summed E-state index contributed by atoms with van der Waals surface area (Å²) in [6.07, 6.45) is 18.6. The first kappa shape index (κ1) is 64.5. The van der Waals surface area contributed by atoms with E-state index < -0.39 is 69.0 Å². The largest absolute Gasteiger partial charge is 0.480 e. The summed E-state index contributed by atoms with van der Waals surface area (Å²) >= 11 is 5.42. The summed E-state index contributed by atoms with van der Waals surface area (Å²) in [5, 5.41) is 11.1. The number of carboxylic acid groups (broad SMARTS) is 1. The summed E-state index contributed by atoms with van der Waals surface area (Å²) in [6.45, 7) is 10.9. The van der Waals surface area contributed by atoms with E-state index in [4.69, 9.17) is 22.4 Å². The maximum absolute atomic E-state index is 13.0. The van der Waals surface area contributed by atoms with Crippen molar-refractivity contribution in [2.45, 2.75) is 90.5 Å². The van der Waals surface area contributed by atoms with Crippen LogP contribution in [-0.4, -0.2) is 143 Å². The number of carbonyl (C=O) groups excluding carboxylic acids is 2. The van der Waals surface area contributed by atoms with Crippen LogP contribution >= 0.6 is 11.6 Å². The van der Waals surface area contributed by atoms with Gasteiger partial charge in [0.1, 0.15) is 29.8 Å². The van der Waals surface area contributed by atoms with Crippen molar-refractivity contribution < 1.29 is 19.5 Å². The number of imidazole rings is 3. The molecule has 0 bridgehead atoms. The van der Waals surface area contributed by atoms with Gasteiger partial charge in [0, 0.05) is 105 Å². The third-order valence-corrected chi connectivity index (χ3v) is 16.1. The molecule has 5 atom stereocenters. The van der Waals surface area contributed by atoms with Gasteiger partial charge in [-0.2, -0.15) is 0 Å². The molecule has 10 aromatic heterocycles. The number of nitrogens with two attached hydrogens (primary N) is 1. The van der Waals surface area contributed by atoms with Gasteiger partial charge >= 0.3 is 23.0 Å². The van der Waals surface area contributed by atoms with Crippen molar-refractivity contribution in [2.75, 3.05) is 33.9 Å². The number of nitrogens with one attached hydrogen (secondary N) is 1. The van der Waals surface area contributed by atoms with Crippen LogP contribution in [0.25, 0.3) is 56.3 Å². The molecule has 2 aliphatic rings. The number of fused-ring (bicyclic) bond motifs is 3. The van der Waals surface area contributed by atoms with Gasteiger partial charge in [-0.3, -0.25) is 51.4 Å². The van der Waals surface area contributed by atoms with Crippen LogP contribution in [0.2, 0.25) is 0 Å². The minimum atomic E-state index is -1.08. The number of hydrogen-bond donors (Lipinski definition) is 3. The molecule has 1 unspecified atom stereocenters. The van der Waals surface area contributed by atoms with Gasteiger partial charge in [0.15, 0.2) is 45.1 Å². The Morgan fingerprint density at radius 3 is 1.27 bits per heavy atom. The lowest BCUT2D eigenvalue weighted by atomic mass is 10.2. The zero-order valence-corrected chi connectivity index (χ0v) is 52.2. The molecule has 2 fully saturated rings. The van der Waals surface area contributed by atoms with Crippen molar-refractivity contribution >= 4 is 85.7 Å². The van der Waals surface area contributed by atoms with Crippen molar-refractivity contribution in [1.29, 1.82) is 0 Å². The fraction of sp³-hybridized carbons (Fsp3) is 0.393. The molecule has 12 rings (SSSR count). The monoisotopic (exact) mass is 1270 g/mol. The molecule has 2 aliphatic heterocycles. The molecule has 12 heterocycles. The Kier molecular flexibility index (Phi) is 18.7. The standard InChI is InChI=1S/C23H26N10O3.C13H16N6.C10H11ClN4O3.C10H12N4O4/c1-13-6-5-9-32(13)22-25-10-15(11-26-22)18-24-8-7-16(28-18)29-20(34)14(2)33-12-27-19-17(33)21(35)31(4)23(36)30(19)3;1-9-3-2-6-19(9)13-16-7-10(8-17-13)12-15-5-4-11(14)18-12;1-5(7(11)16)15-4-12-8-6(15)9(17)14(3)10(18)13(8)2;1-5(9(16)17)14-4-11-7-6(14)8(15)13(3)10(18)12(7)2/h7-8,10-14H,5-6,9H2,1-4H3,(H,24,28,29,34);4-5,7-9H,2-3,6H2,1H3,(H2,14,15,18);4-5H,1-3H3;4-5H,1-3H3,(H,16,17)/t13-,14+;;2*5-/m1.00/s1. The summed E-state index contributed by atoms with van der Waals surface area (Å²) in [6, 6.07) is 1.69. The van der Waals surface area contributed by atoms with E-state index in [0.29, 0.717) is 46.9 Å². The van der Waals surface area contributed by atoms with E-state index in [1.165, 1.54) is 115 Å². The first-order chi connectivity index (χ1) is 43.2. The molecule has 10 aromatic rings. The van der Waals surface area contributed by atoms with E-state index in [9.17, 15) is 43.2 Å². The number of halogens is 1. The number of nitrogen functional groups attached to an aromatic ring is 1. The molecular weight excluding hydrogens is 1200 g/mol. The summed E-state index contributed by atoms with van der Waals surface area (Å²) in [7, 11) is 8.61. The average Bonchev–Trinajstić information content (AvgIpc) is 1.70. The molecule has 91 heavy (non-hydrogen) atoms. The zero-order chi connectivity index (χ0) is 66.0. The van der Waals surface area contributed by atoms with Crippen molar-refractivity contribution in [3.8, 4) is 22.8 Å². The van der Waals surface area contributed by atoms with Gasteiger partial charge in [0.25, 0.3) is 16.7 Å². The molecule has 4 N–H and O–H groups in total. The van der Waals surface area contributed by atoms with Crippen LogP contribution in [0.3, 0.4) is 0 Å². The van der Waals surface area contributed by atoms with Crippen LogP contribution in [0.1, 0.15) is 78.4 Å². The molecular formula is C56H65ClN24O10. The van der Waals surface area contributed by atoms with E-state index in [1.54, 1.807) is 57.0 Å². The Bertz CT molecular complexity index is 4680. The van der Waals surface area contributed by atoms with E-state index >= 15 is 0 Å². The van der Waals surface area contributed by atoms with Gasteiger partial charge in [0.05, 0.1) is 30.1 Å². The summed E-state index contributed by atoms with van der Waals surface area (Å²) in [5.41, 5.74) is 5.07. The summed E-state index contributed by atoms with van der Waals surface area (Å²) in [5.74, 6) is 1.63. The highest BCUT2D eigenvalue weighted by atomic mass is 35.5. The second-order valence-electron chi connectivity index (χ2n) is 21.7. The van der Waals surface area contributed by atoms with E-state index in [-0.39, 0.29) is 33.5 Å². The molecule has 0 aromatic carbocycles. The highest BCUT2D eigenvalue weighted by Crippen LogP contribution is 2.26. The van der Waals surface area contributed by atoms with Gasteiger partial charge in [-0.25, -0.2) is 74.0 Å². The normalized spacial score (nSPS) is 15.5. The summed E-state index contributed by atoms with van der Waals surface area (Å²) in [4.78, 5) is 159. The van der Waals surface area contributed by atoms with Crippen molar-refractivity contribution in [3.05, 3.63) is 131 Å². The number of rotatable bonds is 11. The predicted octanol–water partition coefficient (Wildman–Crippen LogP) is 1.21. The minimum absolute atomic E-state index is 0.106. The SMILES string of the molecule is CC1CCCN1c1ncc(-c2nccc(N)n2)cn1.C[C@@H](C(=O)Cl)n1cnc2c1c(=O)n(C)c(=O)n2C.C[C@@H](C(=O)O)n1cnc2c1c(=O)n(C)c(=O)n2C.C[C@@H]1CCCN1c1ncc(-c2nccc(NC(=O)[C@H](C)n3cnc4c3c(=O)n(C)c(=O)n4C)n2)cn1. The molecule has 476 valence electrons. The first-order valence-electron chi connectivity index (χ1n) is 28.4. The van der Waals surface area contributed by atoms with Gasteiger partial charge < -0.3 is 39.7 Å². The molecule has 0 saturated carbocycles. The Morgan fingerprint density at radius 1 is 0.538 bits per heavy atom. The third kappa shape index (κ3) is 12.7. The summed E-state index contributed by atoms with van der Waals surface area (Å²) < 4.78 is 10.7. The average molecular weight is 1270 g/mol. The lowest BCUT2D eigenvalue weighted by Crippen LogP contribution is -2.38. The Morgan fingerprint density at radius 2 is 0.912 bits per heavy atom. The van der Waals surface area contributed by atoms with E-state index in [2.05, 4.69) is 83.8 Å². The topological polar surface area (TPSA) is 405 Å². The lowest BCUT2D eigenvalue weighted by Gasteiger charge is -2.20. The maximum atomic E-state index is 13.0. The van der Waals surface area contributed by atoms with Crippen LogP contribution in [-0.2, 0) is 56.7 Å². The number of hydrogen-bond acceptors (Lipinski definition) is 23. The number of nitrogens with zero attached hydrogens (tertiary/aromatic N) is 22. The maximum Gasteiger partial charge on any atom is 0.332 e. The van der Waals surface area contributed by atoms with Crippen molar-refractivity contribution in [2.24, 2.45) is 42.3 Å². The fourth-order valence-electron chi connectivity index (χ4n) is 10.3. The Labute approximate surface area is 519 Å². The molecule has 2 saturated heterocycles. The molecule has 0 radical (unpaired) electrons. The van der Waals surface area contributed by atoms with Crippen LogP contribution in [0.4, 0.5) is 23.5 Å². The number of anilines is 4. The number of aryl methyl sites for hydroxylation is 3. The molecule has 0 spiro atoms. The second kappa shape index (κ2) is 26.4. The number of aliphatic carboxylic acids is 1. The van der Waals surface area contributed by atoms with Gasteiger partial charge in [-0.15, -0.1) is 0 Å². The highest BCUT2D eigenvalue weighted by molar-refractivity contribution is 6.64. The Balaban J connectivity index is 0.000000152. The van der Waals surface area contributed by atoms with Crippen LogP contribution in [0.5, 0.6) is 0 Å². The highest BCUT2D eigenvalue weighted by Gasteiger charge is 2.27. The van der Waals surface area contributed by atoms with Crippen LogP contribution in [0.15, 0.2) is 97.1 Å². The number of carboxylic acids is 1. The Hall–Kier alpha value is -10.9. The number of amides is 1. The van der Waals surface area contributed by atoms with E-state index in [0.717, 1.165) is 51.1 Å². The number of aromatic nitrogens is 20. The van der Waals surface area contributed by atoms with Gasteiger partial charge in [0.2, 0.25) is 23.0 Å². The smallest absolute Gasteiger partial charge is 0.332 e. The number of carbonyl (C=O) groups is 3. The molecule has 35 heteroatoms. The molecule has 0 aliphatic carbocycles. The first-order valence-corrected chi connectivity index (χ1v) is 28.8. The lowest BCUT2D eigenvalue weighted by molar-refractivity contribution is -0.140. The van der Waals surface area contributed by atoms with Crippen molar-refractivity contribution in [1.82, 2.24) is 95.9 Å². The fourth-order valence-corrected chi connectivity index (χ4v) is 10.4. The van der Waals surface area contributed by atoms with Gasteiger partial charge in [-0.05, 0) is 84.0 Å². The van der Waals surface area contributed by atoms with Crippen molar-refractivity contribution in [3.63, 3.8) is 0 Å². The van der Waals surface area contributed by atoms with Crippen LogP contribution < -0.4 is 54.6 Å². The van der Waals surface area contributed by atoms with Gasteiger partial charge in [-0.1, -0.05) is 0 Å². The van der Waals surface area contributed by atoms with Crippen LogP contribution in [0, 0.1) is 0 Å².